The number of nitrogens with one attached hydrogen (secondary N) is 6. The van der Waals surface area contributed by atoms with Crippen molar-refractivity contribution in [2.24, 2.45) is 5.73 Å². The number of phosphoric ester groups is 1. The lowest BCUT2D eigenvalue weighted by Crippen LogP contribution is -2.63. The number of hydrogen-bond donors (Lipinski definition) is 11. The quantitative estimate of drug-likeness (QED) is 0.0571. The van der Waals surface area contributed by atoms with Crippen LogP contribution in [-0.4, -0.2) is 152 Å². The van der Waals surface area contributed by atoms with Crippen LogP contribution >= 0.6 is 20.5 Å². The van der Waals surface area contributed by atoms with Gasteiger partial charge in [-0.15, -0.1) is 18.1 Å². The summed E-state index contributed by atoms with van der Waals surface area (Å²) in [6.45, 7) is 1.92. The molecule has 2 fully saturated rings. The summed E-state index contributed by atoms with van der Waals surface area (Å²) in [6.07, 6.45) is -1.22. The van der Waals surface area contributed by atoms with E-state index in [1.807, 2.05) is 36.4 Å². The zero-order chi connectivity index (χ0) is 55.0. The summed E-state index contributed by atoms with van der Waals surface area (Å²) in [5, 5.41) is 24.1. The molecule has 7 amide bonds. The van der Waals surface area contributed by atoms with Gasteiger partial charge in [0.25, 0.3) is 0 Å². The summed E-state index contributed by atoms with van der Waals surface area (Å²) in [5.41, 5.74) is 8.91. The molecule has 0 bridgehead atoms. The van der Waals surface area contributed by atoms with Crippen LogP contribution in [0, 0.1) is 0 Å². The highest BCUT2D eigenvalue weighted by molar-refractivity contribution is 7.96. The summed E-state index contributed by atoms with van der Waals surface area (Å²) in [4.78, 5) is 152. The Bertz CT molecular complexity index is 2610. The first-order valence-electron chi connectivity index (χ1n) is 24.5. The van der Waals surface area contributed by atoms with E-state index < -0.39 is 128 Å². The van der Waals surface area contributed by atoms with Gasteiger partial charge in [-0.1, -0.05) is 54.6 Å². The Kier molecular flexibility index (Phi) is 22.1. The number of phenolic OH excluding ortho intramolecular Hbond substituents is 1. The molecular formula is C49H66N9O15PS. The van der Waals surface area contributed by atoms with Crippen molar-refractivity contribution in [2.45, 2.75) is 126 Å². The fourth-order valence-electron chi connectivity index (χ4n) is 8.66. The van der Waals surface area contributed by atoms with Crippen molar-refractivity contribution >= 4 is 83.7 Å². The molecule has 2 heterocycles. The molecule has 75 heavy (non-hydrogen) atoms. The minimum Gasteiger partial charge on any atom is -0.508 e. The lowest BCUT2D eigenvalue weighted by Gasteiger charge is -2.38. The molecule has 2 saturated heterocycles. The number of fused-ring (bicyclic) bond motifs is 2. The Balaban J connectivity index is 1.59. The largest absolute Gasteiger partial charge is 0.508 e. The first-order valence-corrected chi connectivity index (χ1v) is 26.4. The average molecular weight is 1080 g/mol. The molecule has 0 spiro atoms. The number of nitrogens with two attached hydrogens (primary N) is 1. The van der Waals surface area contributed by atoms with E-state index in [9.17, 15) is 62.6 Å². The molecule has 408 valence electrons. The van der Waals surface area contributed by atoms with Gasteiger partial charge in [0.15, 0.2) is 0 Å². The van der Waals surface area contributed by atoms with E-state index in [1.165, 1.54) is 38.2 Å². The van der Waals surface area contributed by atoms with Gasteiger partial charge in [0, 0.05) is 32.9 Å². The van der Waals surface area contributed by atoms with Crippen LogP contribution in [0.4, 0.5) is 0 Å². The van der Waals surface area contributed by atoms with Gasteiger partial charge in [-0.25, -0.2) is 4.57 Å². The molecule has 0 radical (unpaired) electrons. The number of nitrogens with zero attached hydrogens (tertiary/aromatic N) is 2. The number of phenols is 1. The normalized spacial score (nSPS) is 23.3. The van der Waals surface area contributed by atoms with E-state index >= 15 is 0 Å². The van der Waals surface area contributed by atoms with Gasteiger partial charge < -0.3 is 61.8 Å². The zero-order valence-corrected chi connectivity index (χ0v) is 43.6. The summed E-state index contributed by atoms with van der Waals surface area (Å²) in [5.74, 6) is -7.45. The van der Waals surface area contributed by atoms with E-state index in [-0.39, 0.29) is 38.0 Å². The smallest absolute Gasteiger partial charge is 0.469 e. The Morgan fingerprint density at radius 2 is 1.49 bits per heavy atom. The number of piperidine rings is 1. The Hall–Kier alpha value is -6.47. The van der Waals surface area contributed by atoms with Crippen molar-refractivity contribution in [1.29, 1.82) is 0 Å². The molecule has 24 nitrogen and oxygen atoms in total. The minimum atomic E-state index is -5.29. The third-order valence-electron chi connectivity index (χ3n) is 12.6. The topological polar surface area (TPSA) is 355 Å². The Morgan fingerprint density at radius 1 is 0.853 bits per heavy atom. The van der Waals surface area contributed by atoms with E-state index in [1.54, 1.807) is 6.07 Å². The van der Waals surface area contributed by atoms with Crippen molar-refractivity contribution in [2.75, 3.05) is 26.7 Å². The zero-order valence-electron chi connectivity index (χ0n) is 41.8. The number of benzene rings is 3. The van der Waals surface area contributed by atoms with Crippen LogP contribution in [0.3, 0.4) is 0 Å². The standard InChI is InChI=1S/C49H66N9O15PS/c1-28-47(66)57(3)27-40(60)55-42(29(2)73-74(69,70)71)48(67)58-23-9-7-13-39(58)46(65)54-38(26-31-14-17-32-10-4-5-11-33(32)24-31)45(64)53-37(25-30-15-18-34(59)19-16-30)44(63)51-35(20-21-41(61)72-56-28)43(62)52-36(49(68)75)12-6-8-22-50/h4-5,10-11,14-19,24,28-29,35-39,42,56,59H,6-9,12-13,20-23,25-27,50H2,1-3H3,(H,51,63)(H,52,62)(H,53,64)(H,54,65)(H,55,60)(H,68,75)(H2,69,70,71)/t28-,29-,35+,36+,37+,38+,39+,42+/m1/s1. The monoisotopic (exact) mass is 1080 g/mol. The molecule has 3 aromatic rings. The second-order valence-electron chi connectivity index (χ2n) is 18.6. The summed E-state index contributed by atoms with van der Waals surface area (Å²) < 4.78 is 16.9. The van der Waals surface area contributed by atoms with Crippen LogP contribution in [0.5, 0.6) is 5.75 Å². The highest BCUT2D eigenvalue weighted by Crippen LogP contribution is 2.38. The highest BCUT2D eigenvalue weighted by atomic mass is 32.1. The van der Waals surface area contributed by atoms with Crippen LogP contribution in [0.1, 0.15) is 76.3 Å². The summed E-state index contributed by atoms with van der Waals surface area (Å²) >= 11 is 3.94. The molecule has 0 aliphatic carbocycles. The molecule has 0 unspecified atom stereocenters. The number of amides is 7. The first kappa shape index (κ1) is 59.4. The number of aromatic hydroxyl groups is 1. The van der Waals surface area contributed by atoms with Crippen LogP contribution < -0.4 is 37.8 Å². The number of carbonyl (C=O) groups is 9. The molecule has 2 aliphatic heterocycles. The van der Waals surface area contributed by atoms with Gasteiger partial charge in [0.1, 0.15) is 42.0 Å². The van der Waals surface area contributed by atoms with Crippen molar-refractivity contribution in [3.63, 3.8) is 0 Å². The molecule has 0 saturated carbocycles. The number of rotatable bonds is 14. The van der Waals surface area contributed by atoms with Crippen LogP contribution in [0.25, 0.3) is 10.8 Å². The minimum absolute atomic E-state index is 0.0466. The molecular weight excluding hydrogens is 1020 g/mol. The van der Waals surface area contributed by atoms with Crippen molar-refractivity contribution in [3.05, 3.63) is 77.9 Å². The fraction of sp³-hybridized carbons (Fsp3) is 0.490. The van der Waals surface area contributed by atoms with Crippen molar-refractivity contribution < 1.29 is 72.0 Å². The second kappa shape index (κ2) is 27.9. The van der Waals surface area contributed by atoms with Gasteiger partial charge in [-0.05, 0) is 99.4 Å². The number of unbranched alkanes of at least 4 members (excludes halogenated alkanes) is 1. The Morgan fingerprint density at radius 3 is 2.16 bits per heavy atom. The molecule has 3 aromatic carbocycles. The van der Waals surface area contributed by atoms with Crippen molar-refractivity contribution in [3.8, 4) is 5.75 Å². The number of carbonyl (C=O) groups excluding carboxylic acids is 9. The summed E-state index contributed by atoms with van der Waals surface area (Å²) in [6, 6.07) is 8.31. The highest BCUT2D eigenvalue weighted by Gasteiger charge is 2.42. The summed E-state index contributed by atoms with van der Waals surface area (Å²) in [7, 11) is -4.07. The number of phosphoric acid groups is 1. The van der Waals surface area contributed by atoms with E-state index in [2.05, 4.69) is 44.7 Å². The lowest BCUT2D eigenvalue weighted by molar-refractivity contribution is -0.156. The molecule has 11 N–H and O–H groups in total. The first-order chi connectivity index (χ1) is 35.5. The van der Waals surface area contributed by atoms with Gasteiger partial charge in [0.2, 0.25) is 46.5 Å². The Labute approximate surface area is 438 Å². The second-order valence-corrected chi connectivity index (χ2v) is 20.2. The number of hydroxylamine groups is 1. The SMILES string of the molecule is C[C@H]1NOC(=O)CC[C@@H](C(=O)N[C@@H](CCCCN)C(=O)S)NC(=O)[C@H](Cc2ccc(O)cc2)NC(=O)[C@H](Cc2ccc3ccccc3c2)NC(=O)[C@@H]2CCCCN2C(=O)[C@H]([C@@H](C)OP(=O)(O)O)NC(=O)CN(C)C1=O. The van der Waals surface area contributed by atoms with E-state index in [0.29, 0.717) is 43.4 Å². The van der Waals surface area contributed by atoms with Gasteiger partial charge in [-0.3, -0.25) is 47.7 Å². The average Bonchev–Trinajstić information content (AvgIpc) is 3.36. The van der Waals surface area contributed by atoms with E-state index in [0.717, 1.165) is 27.5 Å². The maximum atomic E-state index is 14.9. The van der Waals surface area contributed by atoms with E-state index in [4.69, 9.17) is 15.1 Å². The number of hydrogen-bond acceptors (Lipinski definition) is 15. The van der Waals surface area contributed by atoms with Crippen LogP contribution in [0.15, 0.2) is 66.7 Å². The number of thiol groups is 1. The maximum Gasteiger partial charge on any atom is 0.469 e. The molecule has 2 aliphatic rings. The van der Waals surface area contributed by atoms with Gasteiger partial charge >= 0.3 is 13.8 Å². The molecule has 0 aromatic heterocycles. The predicted octanol–water partition coefficient (Wildman–Crippen LogP) is -0.0926. The lowest BCUT2D eigenvalue weighted by atomic mass is 9.97. The maximum absolute atomic E-state index is 14.9. The van der Waals surface area contributed by atoms with Gasteiger partial charge in [0.05, 0.1) is 18.7 Å². The molecule has 26 heteroatoms. The van der Waals surface area contributed by atoms with Crippen LogP contribution in [-0.2, 0) is 69.9 Å². The number of likely N-dealkylation sites (N-methyl/N-ethyl adjacent to an activating group) is 1. The van der Waals surface area contributed by atoms with Crippen LogP contribution in [0.2, 0.25) is 0 Å². The third kappa shape index (κ3) is 18.1. The molecule has 5 rings (SSSR count). The molecule has 8 atom stereocenters. The fourth-order valence-corrected chi connectivity index (χ4v) is 9.40. The van der Waals surface area contributed by atoms with Crippen molar-refractivity contribution in [1.82, 2.24) is 41.9 Å². The predicted molar refractivity (Wildman–Crippen MR) is 274 cm³/mol. The van der Waals surface area contributed by atoms with Gasteiger partial charge in [-0.2, -0.15) is 0 Å². The third-order valence-corrected chi connectivity index (χ3v) is 13.6.